The van der Waals surface area contributed by atoms with Crippen LogP contribution in [0.15, 0.2) is 33.5 Å². The van der Waals surface area contributed by atoms with Gasteiger partial charge in [-0.2, -0.15) is 0 Å². The first kappa shape index (κ1) is 25.9. The van der Waals surface area contributed by atoms with E-state index in [1.807, 2.05) is 0 Å². The zero-order valence-corrected chi connectivity index (χ0v) is 18.8. The minimum absolute atomic E-state index is 0.246. The molecule has 0 aliphatic carbocycles. The molecule has 35 heavy (non-hydrogen) atoms. The summed E-state index contributed by atoms with van der Waals surface area (Å²) in [6, 6.07) is 3.79. The van der Waals surface area contributed by atoms with Crippen LogP contribution in [0.2, 0.25) is 0 Å². The minimum atomic E-state index is -1.47. The zero-order valence-electron chi connectivity index (χ0n) is 18.8. The molecular formula is C22H30N2O11. The molecule has 2 aliphatic heterocycles. The number of benzene rings is 1. The Morgan fingerprint density at radius 2 is 1.57 bits per heavy atom. The van der Waals surface area contributed by atoms with E-state index in [2.05, 4.69) is 0 Å². The number of hydrogen-bond acceptors (Lipinski definition) is 13. The highest BCUT2D eigenvalue weighted by Crippen LogP contribution is 2.30. The number of aliphatic hydroxyl groups is 5. The summed E-state index contributed by atoms with van der Waals surface area (Å²) in [5.41, 5.74) is 12.5. The first-order valence-electron chi connectivity index (χ1n) is 11.1. The van der Waals surface area contributed by atoms with Crippen LogP contribution in [0.25, 0.3) is 11.0 Å². The smallest absolute Gasteiger partial charge is 0.336 e. The summed E-state index contributed by atoms with van der Waals surface area (Å²) in [4.78, 5) is 11.7. The number of ether oxygens (including phenoxy) is 4. The lowest BCUT2D eigenvalue weighted by atomic mass is 9.95. The van der Waals surface area contributed by atoms with Crippen LogP contribution in [0.3, 0.4) is 0 Å². The molecular weight excluding hydrogens is 468 g/mol. The van der Waals surface area contributed by atoms with Gasteiger partial charge < -0.3 is 60.4 Å². The molecule has 10 atom stereocenters. The van der Waals surface area contributed by atoms with E-state index in [0.29, 0.717) is 11.0 Å². The van der Waals surface area contributed by atoms with Gasteiger partial charge in [-0.1, -0.05) is 0 Å². The summed E-state index contributed by atoms with van der Waals surface area (Å²) in [7, 11) is 0. The van der Waals surface area contributed by atoms with Crippen molar-refractivity contribution < 1.29 is 48.9 Å². The van der Waals surface area contributed by atoms with E-state index >= 15 is 0 Å². The van der Waals surface area contributed by atoms with Gasteiger partial charge in [0.1, 0.15) is 48.0 Å². The second kappa shape index (κ2) is 10.4. The topological polar surface area (TPSA) is 220 Å². The molecule has 0 bridgehead atoms. The number of hydrogen-bond donors (Lipinski definition) is 7. The molecule has 2 saturated heterocycles. The predicted molar refractivity (Wildman–Crippen MR) is 118 cm³/mol. The summed E-state index contributed by atoms with van der Waals surface area (Å²) >= 11 is 0. The highest BCUT2D eigenvalue weighted by Gasteiger charge is 2.50. The summed E-state index contributed by atoms with van der Waals surface area (Å²) in [6.07, 6.45) is -10.5. The van der Waals surface area contributed by atoms with E-state index in [4.69, 9.17) is 34.8 Å². The number of aliphatic hydroxyl groups excluding tert-OH is 5. The highest BCUT2D eigenvalue weighted by atomic mass is 16.7. The van der Waals surface area contributed by atoms with Crippen molar-refractivity contribution in [2.75, 3.05) is 13.2 Å². The van der Waals surface area contributed by atoms with Gasteiger partial charge in [0, 0.05) is 17.5 Å². The largest absolute Gasteiger partial charge is 0.463 e. The Morgan fingerprint density at radius 1 is 0.914 bits per heavy atom. The number of aryl methyl sites for hydroxylation is 1. The van der Waals surface area contributed by atoms with Gasteiger partial charge in [-0.15, -0.1) is 0 Å². The highest BCUT2D eigenvalue weighted by molar-refractivity contribution is 5.81. The molecule has 0 radical (unpaired) electrons. The Morgan fingerprint density at radius 3 is 2.26 bits per heavy atom. The zero-order chi connectivity index (χ0) is 25.4. The van der Waals surface area contributed by atoms with Crippen molar-refractivity contribution >= 4 is 11.0 Å². The molecule has 13 heteroatoms. The van der Waals surface area contributed by atoms with Crippen LogP contribution in [0, 0.1) is 6.92 Å². The third-order valence-electron chi connectivity index (χ3n) is 6.30. The molecule has 3 heterocycles. The van der Waals surface area contributed by atoms with Crippen molar-refractivity contribution in [2.45, 2.75) is 68.2 Å². The summed E-state index contributed by atoms with van der Waals surface area (Å²) in [5, 5.41) is 50.9. The standard InChI is InChI=1S/C22H30N2O11/c1-8-4-14(27)32-11-5-9(2-3-10(8)11)31-21-16(24)19(30)20(13(7-26)34-21)35-22-15(23)18(29)17(28)12(6-25)33-22/h2-5,12-13,15-22,25-26,28-30H,6-7,23-24H2,1H3/t12-,13-,15-,16-,17-,18-,19-,20-,21-,22+/m1/s1. The Hall–Kier alpha value is -2.17. The fraction of sp³-hybridized carbons (Fsp3) is 0.591. The molecule has 0 amide bonds. The molecule has 1 aromatic carbocycles. The molecule has 9 N–H and O–H groups in total. The van der Waals surface area contributed by atoms with Crippen molar-refractivity contribution in [1.29, 1.82) is 0 Å². The van der Waals surface area contributed by atoms with Gasteiger partial charge in [0.2, 0.25) is 6.29 Å². The van der Waals surface area contributed by atoms with Crippen LogP contribution >= 0.6 is 0 Å². The van der Waals surface area contributed by atoms with Gasteiger partial charge in [0.25, 0.3) is 0 Å². The van der Waals surface area contributed by atoms with Gasteiger partial charge in [0.15, 0.2) is 6.29 Å². The Kier molecular flexibility index (Phi) is 7.73. The lowest BCUT2D eigenvalue weighted by Gasteiger charge is -2.46. The van der Waals surface area contributed by atoms with Gasteiger partial charge in [-0.3, -0.25) is 0 Å². The van der Waals surface area contributed by atoms with Crippen molar-refractivity contribution in [3.8, 4) is 5.75 Å². The normalized spacial score (nSPS) is 37.9. The fourth-order valence-corrected chi connectivity index (χ4v) is 4.26. The molecule has 1 aromatic heterocycles. The maximum Gasteiger partial charge on any atom is 0.336 e. The van der Waals surface area contributed by atoms with Gasteiger partial charge in [0.05, 0.1) is 25.3 Å². The van der Waals surface area contributed by atoms with Gasteiger partial charge >= 0.3 is 5.63 Å². The molecule has 0 saturated carbocycles. The molecule has 4 rings (SSSR count). The average Bonchev–Trinajstić information content (AvgIpc) is 2.83. The fourth-order valence-electron chi connectivity index (χ4n) is 4.26. The van der Waals surface area contributed by atoms with E-state index < -0.39 is 80.1 Å². The quantitative estimate of drug-likeness (QED) is 0.198. The maximum atomic E-state index is 11.7. The van der Waals surface area contributed by atoms with E-state index in [0.717, 1.165) is 5.56 Å². The third kappa shape index (κ3) is 5.06. The van der Waals surface area contributed by atoms with Crippen molar-refractivity contribution in [2.24, 2.45) is 11.5 Å². The molecule has 13 nitrogen and oxygen atoms in total. The van der Waals surface area contributed by atoms with Crippen LogP contribution in [0.1, 0.15) is 5.56 Å². The second-order valence-electron chi connectivity index (χ2n) is 8.70. The summed E-state index contributed by atoms with van der Waals surface area (Å²) < 4.78 is 27.9. The summed E-state index contributed by atoms with van der Waals surface area (Å²) in [5.74, 6) is 0.246. The third-order valence-corrected chi connectivity index (χ3v) is 6.30. The van der Waals surface area contributed by atoms with E-state index in [9.17, 15) is 30.3 Å². The van der Waals surface area contributed by atoms with Crippen LogP contribution < -0.4 is 21.8 Å². The summed E-state index contributed by atoms with van der Waals surface area (Å²) in [6.45, 7) is 0.558. The molecule has 2 aromatic rings. The lowest BCUT2D eigenvalue weighted by molar-refractivity contribution is -0.321. The van der Waals surface area contributed by atoms with Crippen LogP contribution in [0.4, 0.5) is 0 Å². The molecule has 194 valence electrons. The number of nitrogens with two attached hydrogens (primary N) is 2. The van der Waals surface area contributed by atoms with E-state index in [-0.39, 0.29) is 5.75 Å². The minimum Gasteiger partial charge on any atom is -0.463 e. The number of rotatable bonds is 6. The maximum absolute atomic E-state index is 11.7. The van der Waals surface area contributed by atoms with Crippen LogP contribution in [-0.4, -0.2) is 100 Å². The van der Waals surface area contributed by atoms with E-state index in [1.165, 1.54) is 12.1 Å². The lowest BCUT2D eigenvalue weighted by Crippen LogP contribution is -2.68. The SMILES string of the molecule is Cc1cc(=O)oc2cc(O[C@@H]3O[C@H](CO)[C@@H](O[C@@H]4O[C@H](CO)[C@@H](O)[C@H](O)[C@H]4N)[C@H](O)[C@H]3N)ccc12. The van der Waals surface area contributed by atoms with Crippen molar-refractivity contribution in [3.05, 3.63) is 40.2 Å². The molecule has 0 spiro atoms. The second-order valence-corrected chi connectivity index (χ2v) is 8.70. The Labute approximate surface area is 199 Å². The van der Waals surface area contributed by atoms with Crippen molar-refractivity contribution in [1.82, 2.24) is 0 Å². The number of fused-ring (bicyclic) bond motifs is 1. The first-order chi connectivity index (χ1) is 16.6. The predicted octanol–water partition coefficient (Wildman–Crippen LogP) is -2.96. The van der Waals surface area contributed by atoms with Crippen LogP contribution in [0.5, 0.6) is 5.75 Å². The molecule has 2 aliphatic rings. The van der Waals surface area contributed by atoms with Crippen molar-refractivity contribution in [3.63, 3.8) is 0 Å². The van der Waals surface area contributed by atoms with Crippen LogP contribution in [-0.2, 0) is 14.2 Å². The Balaban J connectivity index is 1.50. The molecule has 2 fully saturated rings. The Bertz CT molecular complexity index is 1080. The average molecular weight is 498 g/mol. The first-order valence-corrected chi connectivity index (χ1v) is 11.1. The monoisotopic (exact) mass is 498 g/mol. The molecule has 0 unspecified atom stereocenters. The van der Waals surface area contributed by atoms with E-state index in [1.54, 1.807) is 19.1 Å². The van der Waals surface area contributed by atoms with Gasteiger partial charge in [-0.25, -0.2) is 4.79 Å². The van der Waals surface area contributed by atoms with Gasteiger partial charge in [-0.05, 0) is 24.6 Å².